The Balaban J connectivity index is 1.63. The summed E-state index contributed by atoms with van der Waals surface area (Å²) < 4.78 is 11.3. The van der Waals surface area contributed by atoms with Crippen LogP contribution in [0, 0.1) is 0 Å². The van der Waals surface area contributed by atoms with Crippen LogP contribution in [-0.4, -0.2) is 24.2 Å². The molecular weight excluding hydrogens is 312 g/mol. The van der Waals surface area contributed by atoms with E-state index < -0.39 is 0 Å². The summed E-state index contributed by atoms with van der Waals surface area (Å²) in [5.74, 6) is 1.85. The van der Waals surface area contributed by atoms with Gasteiger partial charge in [-0.15, -0.1) is 11.3 Å². The van der Waals surface area contributed by atoms with Crippen molar-refractivity contribution in [2.45, 2.75) is 26.3 Å². The third-order valence-corrected chi connectivity index (χ3v) is 4.48. The lowest BCUT2D eigenvalue weighted by Gasteiger charge is -2.10. The summed E-state index contributed by atoms with van der Waals surface area (Å²) >= 11 is 1.66. The summed E-state index contributed by atoms with van der Waals surface area (Å²) in [4.78, 5) is 9.91. The van der Waals surface area contributed by atoms with Crippen LogP contribution in [0.5, 0.6) is 11.5 Å². The van der Waals surface area contributed by atoms with Crippen molar-refractivity contribution in [1.29, 1.82) is 0 Å². The summed E-state index contributed by atoms with van der Waals surface area (Å²) in [5, 5.41) is 4.04. The summed E-state index contributed by atoms with van der Waals surface area (Å²) in [7, 11) is 0. The number of fused-ring (bicyclic) bond motifs is 1. The van der Waals surface area contributed by atoms with E-state index in [0.717, 1.165) is 35.0 Å². The lowest BCUT2D eigenvalue weighted by Crippen LogP contribution is -2.22. The predicted molar refractivity (Wildman–Crippen MR) is 92.5 cm³/mol. The normalized spacial score (nSPS) is 14.4. The standard InChI is InChI=1S/C16H20N4O2S/c1-2-12-9-18-15(23-12)10-19-16(17)20-11-4-5-13-14(8-11)22-7-3-6-21-13/h4-5,8-9H,2-3,6-7,10H2,1H3,(H3,17,19,20). The van der Waals surface area contributed by atoms with Gasteiger partial charge in [0.15, 0.2) is 17.5 Å². The number of aliphatic imine (C=N–C) groups is 1. The van der Waals surface area contributed by atoms with Crippen molar-refractivity contribution < 1.29 is 9.47 Å². The number of aromatic nitrogens is 1. The average molecular weight is 332 g/mol. The van der Waals surface area contributed by atoms with Crippen LogP contribution < -0.4 is 20.5 Å². The molecule has 7 heteroatoms. The van der Waals surface area contributed by atoms with E-state index in [2.05, 4.69) is 22.2 Å². The second-order valence-corrected chi connectivity index (χ2v) is 6.31. The van der Waals surface area contributed by atoms with Gasteiger partial charge in [0.25, 0.3) is 0 Å². The van der Waals surface area contributed by atoms with Crippen LogP contribution in [-0.2, 0) is 13.0 Å². The SMILES string of the molecule is CCc1cnc(CN=C(N)Nc2ccc3c(c2)OCCCO3)s1. The lowest BCUT2D eigenvalue weighted by atomic mass is 10.3. The number of nitrogens with one attached hydrogen (secondary N) is 1. The van der Waals surface area contributed by atoms with E-state index >= 15 is 0 Å². The summed E-state index contributed by atoms with van der Waals surface area (Å²) in [5.41, 5.74) is 6.77. The minimum absolute atomic E-state index is 0.354. The van der Waals surface area contributed by atoms with Crippen molar-refractivity contribution in [2.24, 2.45) is 10.7 Å². The van der Waals surface area contributed by atoms with Crippen LogP contribution in [0.4, 0.5) is 5.69 Å². The highest BCUT2D eigenvalue weighted by Gasteiger charge is 2.10. The second kappa shape index (κ2) is 7.32. The Morgan fingerprint density at radius 2 is 2.17 bits per heavy atom. The molecule has 0 amide bonds. The number of hydrogen-bond donors (Lipinski definition) is 2. The zero-order valence-electron chi connectivity index (χ0n) is 13.0. The van der Waals surface area contributed by atoms with Gasteiger partial charge in [-0.05, 0) is 18.6 Å². The molecule has 0 saturated carbocycles. The van der Waals surface area contributed by atoms with Gasteiger partial charge in [-0.1, -0.05) is 6.92 Å². The number of thiazole rings is 1. The van der Waals surface area contributed by atoms with Gasteiger partial charge < -0.3 is 20.5 Å². The number of ether oxygens (including phenoxy) is 2. The molecule has 0 bridgehead atoms. The number of guanidine groups is 1. The van der Waals surface area contributed by atoms with E-state index in [-0.39, 0.29) is 0 Å². The minimum Gasteiger partial charge on any atom is -0.490 e. The summed E-state index contributed by atoms with van der Waals surface area (Å²) in [6.07, 6.45) is 3.77. The molecular formula is C16H20N4O2S. The van der Waals surface area contributed by atoms with Crippen LogP contribution >= 0.6 is 11.3 Å². The largest absolute Gasteiger partial charge is 0.490 e. The maximum Gasteiger partial charge on any atom is 0.193 e. The number of nitrogens with two attached hydrogens (primary N) is 1. The topological polar surface area (TPSA) is 81.8 Å². The molecule has 6 nitrogen and oxygen atoms in total. The number of anilines is 1. The molecule has 3 N–H and O–H groups in total. The van der Waals surface area contributed by atoms with E-state index in [4.69, 9.17) is 15.2 Å². The molecule has 0 saturated heterocycles. The van der Waals surface area contributed by atoms with Gasteiger partial charge in [-0.3, -0.25) is 0 Å². The molecule has 1 aromatic carbocycles. The molecule has 0 radical (unpaired) electrons. The quantitative estimate of drug-likeness (QED) is 0.664. The monoisotopic (exact) mass is 332 g/mol. The zero-order valence-corrected chi connectivity index (χ0v) is 13.9. The third-order valence-electron chi connectivity index (χ3n) is 3.35. The van der Waals surface area contributed by atoms with Crippen LogP contribution in [0.1, 0.15) is 23.2 Å². The number of rotatable bonds is 4. The van der Waals surface area contributed by atoms with E-state index in [9.17, 15) is 0 Å². The van der Waals surface area contributed by atoms with Crippen molar-refractivity contribution in [3.8, 4) is 11.5 Å². The fourth-order valence-corrected chi connectivity index (χ4v) is 2.95. The second-order valence-electron chi connectivity index (χ2n) is 5.11. The highest BCUT2D eigenvalue weighted by molar-refractivity contribution is 7.11. The van der Waals surface area contributed by atoms with Crippen molar-refractivity contribution in [1.82, 2.24) is 4.98 Å². The van der Waals surface area contributed by atoms with Crippen molar-refractivity contribution >= 4 is 23.0 Å². The van der Waals surface area contributed by atoms with Gasteiger partial charge in [0.05, 0.1) is 19.8 Å². The van der Waals surface area contributed by atoms with Gasteiger partial charge in [-0.2, -0.15) is 0 Å². The Labute approximate surface area is 139 Å². The molecule has 2 heterocycles. The molecule has 0 unspecified atom stereocenters. The first kappa shape index (κ1) is 15.6. The first-order valence-electron chi connectivity index (χ1n) is 7.65. The van der Waals surface area contributed by atoms with Crippen LogP contribution in [0.3, 0.4) is 0 Å². The van der Waals surface area contributed by atoms with Crippen molar-refractivity contribution in [3.63, 3.8) is 0 Å². The maximum atomic E-state index is 5.94. The first-order chi connectivity index (χ1) is 11.2. The van der Waals surface area contributed by atoms with Gasteiger partial charge in [0.1, 0.15) is 5.01 Å². The Kier molecular flexibility index (Phi) is 4.97. The molecule has 122 valence electrons. The first-order valence-corrected chi connectivity index (χ1v) is 8.46. The summed E-state index contributed by atoms with van der Waals surface area (Å²) in [6, 6.07) is 5.65. The lowest BCUT2D eigenvalue weighted by molar-refractivity contribution is 0.297. The minimum atomic E-state index is 0.354. The molecule has 3 rings (SSSR count). The van der Waals surface area contributed by atoms with Crippen LogP contribution in [0.15, 0.2) is 29.4 Å². The number of nitrogens with zero attached hydrogens (tertiary/aromatic N) is 2. The van der Waals surface area contributed by atoms with E-state index in [1.807, 2.05) is 24.4 Å². The van der Waals surface area contributed by atoms with Gasteiger partial charge >= 0.3 is 0 Å². The molecule has 2 aromatic rings. The molecule has 0 fully saturated rings. The fraction of sp³-hybridized carbons (Fsp3) is 0.375. The van der Waals surface area contributed by atoms with Gasteiger partial charge in [-0.25, -0.2) is 9.98 Å². The molecule has 1 aromatic heterocycles. The third kappa shape index (κ3) is 4.13. The Morgan fingerprint density at radius 3 is 2.96 bits per heavy atom. The Bertz CT molecular complexity index is 699. The molecule has 0 atom stereocenters. The van der Waals surface area contributed by atoms with Crippen molar-refractivity contribution in [3.05, 3.63) is 34.3 Å². The van der Waals surface area contributed by atoms with Gasteiger partial charge in [0, 0.05) is 29.2 Å². The van der Waals surface area contributed by atoms with E-state index in [1.165, 1.54) is 4.88 Å². The zero-order chi connectivity index (χ0) is 16.1. The number of hydrogen-bond acceptors (Lipinski definition) is 5. The van der Waals surface area contributed by atoms with Gasteiger partial charge in [0.2, 0.25) is 0 Å². The molecule has 0 aliphatic carbocycles. The van der Waals surface area contributed by atoms with Crippen molar-refractivity contribution in [2.75, 3.05) is 18.5 Å². The predicted octanol–water partition coefficient (Wildman–Crippen LogP) is 2.79. The van der Waals surface area contributed by atoms with E-state index in [1.54, 1.807) is 11.3 Å². The van der Waals surface area contributed by atoms with Crippen LogP contribution in [0.25, 0.3) is 0 Å². The maximum absolute atomic E-state index is 5.94. The average Bonchev–Trinajstić information content (AvgIpc) is 2.90. The number of aryl methyl sites for hydroxylation is 1. The number of benzene rings is 1. The fourth-order valence-electron chi connectivity index (χ4n) is 2.17. The summed E-state index contributed by atoms with van der Waals surface area (Å²) in [6.45, 7) is 3.93. The smallest absolute Gasteiger partial charge is 0.193 e. The molecule has 1 aliphatic heterocycles. The molecule has 23 heavy (non-hydrogen) atoms. The Morgan fingerprint density at radius 1 is 1.35 bits per heavy atom. The Hall–Kier alpha value is -2.28. The van der Waals surface area contributed by atoms with Crippen LogP contribution in [0.2, 0.25) is 0 Å². The van der Waals surface area contributed by atoms with E-state index in [0.29, 0.717) is 25.7 Å². The molecule has 1 aliphatic rings. The highest BCUT2D eigenvalue weighted by Crippen LogP contribution is 2.32. The molecule has 0 spiro atoms. The highest BCUT2D eigenvalue weighted by atomic mass is 32.1.